The minimum Gasteiger partial charge on any atom is -0.507 e. The second-order valence-corrected chi connectivity index (χ2v) is 9.43. The van der Waals surface area contributed by atoms with Gasteiger partial charge in [-0.25, -0.2) is 0 Å². The van der Waals surface area contributed by atoms with Crippen molar-refractivity contribution in [3.63, 3.8) is 0 Å². The van der Waals surface area contributed by atoms with Crippen LogP contribution in [0.2, 0.25) is 0 Å². The molecular weight excluding hydrogens is 494 g/mol. The van der Waals surface area contributed by atoms with Crippen LogP contribution in [0.5, 0.6) is 17.2 Å². The van der Waals surface area contributed by atoms with Gasteiger partial charge in [-0.1, -0.05) is 32.0 Å². The fraction of sp³-hybridized carbons (Fsp3) is 0.188. The Balaban J connectivity index is 1.56. The molecule has 1 atom stereocenters. The van der Waals surface area contributed by atoms with Crippen molar-refractivity contribution in [3.8, 4) is 17.2 Å². The van der Waals surface area contributed by atoms with E-state index in [2.05, 4.69) is 0 Å². The van der Waals surface area contributed by atoms with Crippen LogP contribution < -0.4 is 14.4 Å². The number of Topliss-reactive ketones (excluding diaryl/α,β-unsaturated/α-hetero) is 1. The average Bonchev–Trinajstić information content (AvgIpc) is 3.56. The second kappa shape index (κ2) is 10.9. The molecule has 1 aliphatic heterocycles. The highest BCUT2D eigenvalue weighted by molar-refractivity contribution is 6.51. The summed E-state index contributed by atoms with van der Waals surface area (Å²) in [6.07, 6.45) is 1.47. The van der Waals surface area contributed by atoms with Crippen molar-refractivity contribution in [2.45, 2.75) is 32.7 Å². The number of amides is 1. The van der Waals surface area contributed by atoms with Gasteiger partial charge in [-0.05, 0) is 85.1 Å². The summed E-state index contributed by atoms with van der Waals surface area (Å²) in [6, 6.07) is 23.9. The molecular formula is C32H29NO6. The molecule has 1 aliphatic rings. The predicted molar refractivity (Wildman–Crippen MR) is 148 cm³/mol. The quantitative estimate of drug-likeness (QED) is 0.149. The number of carbonyl (C=O) groups is 2. The Hall–Kier alpha value is -4.78. The summed E-state index contributed by atoms with van der Waals surface area (Å²) in [4.78, 5) is 28.1. The number of ketones is 1. The van der Waals surface area contributed by atoms with Crippen molar-refractivity contribution in [2.24, 2.45) is 0 Å². The third-order valence-corrected chi connectivity index (χ3v) is 6.56. The van der Waals surface area contributed by atoms with Gasteiger partial charge in [0.1, 0.15) is 34.8 Å². The highest BCUT2D eigenvalue weighted by Gasteiger charge is 2.48. The molecule has 198 valence electrons. The van der Waals surface area contributed by atoms with Crippen molar-refractivity contribution in [3.05, 3.63) is 114 Å². The van der Waals surface area contributed by atoms with Crippen LogP contribution in [-0.4, -0.2) is 23.4 Å². The van der Waals surface area contributed by atoms with Gasteiger partial charge >= 0.3 is 0 Å². The SMILES string of the molecule is CCOc1ccc(/C(O)=C2/C(=O)C(=O)N(c3ccc(Oc4ccccc4)cc3)C2c2ccco2)cc1C(C)C. The van der Waals surface area contributed by atoms with Crippen LogP contribution in [0.1, 0.15) is 49.6 Å². The molecule has 0 saturated carbocycles. The van der Waals surface area contributed by atoms with Crippen molar-refractivity contribution in [2.75, 3.05) is 11.5 Å². The lowest BCUT2D eigenvalue weighted by molar-refractivity contribution is -0.132. The number of para-hydroxylation sites is 1. The zero-order valence-electron chi connectivity index (χ0n) is 22.0. The van der Waals surface area contributed by atoms with Crippen LogP contribution in [0.4, 0.5) is 5.69 Å². The molecule has 39 heavy (non-hydrogen) atoms. The molecule has 7 heteroatoms. The summed E-state index contributed by atoms with van der Waals surface area (Å²) in [6.45, 7) is 6.45. The van der Waals surface area contributed by atoms with E-state index in [0.29, 0.717) is 40.9 Å². The molecule has 5 rings (SSSR count). The van der Waals surface area contributed by atoms with Gasteiger partial charge in [0.25, 0.3) is 11.7 Å². The molecule has 1 aromatic heterocycles. The van der Waals surface area contributed by atoms with E-state index in [1.54, 1.807) is 54.6 Å². The summed E-state index contributed by atoms with van der Waals surface area (Å²) >= 11 is 0. The lowest BCUT2D eigenvalue weighted by atomic mass is 9.95. The molecule has 0 bridgehead atoms. The van der Waals surface area contributed by atoms with Crippen LogP contribution in [-0.2, 0) is 9.59 Å². The zero-order valence-corrected chi connectivity index (χ0v) is 22.0. The van der Waals surface area contributed by atoms with E-state index in [1.807, 2.05) is 51.1 Å². The molecule has 7 nitrogen and oxygen atoms in total. The first-order valence-electron chi connectivity index (χ1n) is 12.8. The van der Waals surface area contributed by atoms with Gasteiger partial charge in [0.2, 0.25) is 0 Å². The number of rotatable bonds is 8. The first kappa shape index (κ1) is 25.9. The highest BCUT2D eigenvalue weighted by atomic mass is 16.5. The predicted octanol–water partition coefficient (Wildman–Crippen LogP) is 7.22. The number of benzene rings is 3. The molecule has 1 fully saturated rings. The van der Waals surface area contributed by atoms with E-state index in [0.717, 1.165) is 5.56 Å². The highest BCUT2D eigenvalue weighted by Crippen LogP contribution is 2.43. The fourth-order valence-electron chi connectivity index (χ4n) is 4.70. The van der Waals surface area contributed by atoms with E-state index < -0.39 is 17.7 Å². The molecule has 0 radical (unpaired) electrons. The summed E-state index contributed by atoms with van der Waals surface area (Å²) in [7, 11) is 0. The number of nitrogens with zero attached hydrogens (tertiary/aromatic N) is 1. The van der Waals surface area contributed by atoms with E-state index in [9.17, 15) is 14.7 Å². The van der Waals surface area contributed by atoms with Gasteiger partial charge in [-0.15, -0.1) is 0 Å². The number of hydrogen-bond acceptors (Lipinski definition) is 6. The number of anilines is 1. The van der Waals surface area contributed by atoms with Crippen LogP contribution in [0, 0.1) is 0 Å². The Kier molecular flexibility index (Phi) is 7.23. The van der Waals surface area contributed by atoms with Crippen molar-refractivity contribution in [1.29, 1.82) is 0 Å². The summed E-state index contributed by atoms with van der Waals surface area (Å²) < 4.78 is 17.3. The van der Waals surface area contributed by atoms with Crippen LogP contribution in [0.25, 0.3) is 5.76 Å². The second-order valence-electron chi connectivity index (χ2n) is 9.43. The van der Waals surface area contributed by atoms with Crippen LogP contribution >= 0.6 is 0 Å². The summed E-state index contributed by atoms with van der Waals surface area (Å²) in [5.41, 5.74) is 1.73. The fourth-order valence-corrected chi connectivity index (χ4v) is 4.70. The number of carbonyl (C=O) groups excluding carboxylic acids is 2. The first-order chi connectivity index (χ1) is 18.9. The largest absolute Gasteiger partial charge is 0.507 e. The Labute approximate surface area is 226 Å². The van der Waals surface area contributed by atoms with Gasteiger partial charge in [0.15, 0.2) is 0 Å². The lowest BCUT2D eigenvalue weighted by Crippen LogP contribution is -2.29. The van der Waals surface area contributed by atoms with Gasteiger partial charge < -0.3 is 19.0 Å². The standard InChI is InChI=1S/C32H29NO6/c1-4-37-26-17-12-21(19-25(26)20(2)3)30(34)28-29(27-11-8-18-38-27)33(32(36)31(28)35)22-13-15-24(16-14-22)39-23-9-6-5-7-10-23/h5-20,29,34H,4H2,1-3H3/b30-28-. The molecule has 3 aromatic carbocycles. The van der Waals surface area contributed by atoms with Crippen molar-refractivity contribution < 1.29 is 28.6 Å². The Bertz CT molecular complexity index is 1500. The summed E-state index contributed by atoms with van der Waals surface area (Å²) in [5, 5.41) is 11.5. The number of aliphatic hydroxyl groups excluding tert-OH is 1. The number of hydrogen-bond donors (Lipinski definition) is 1. The van der Waals surface area contributed by atoms with Crippen molar-refractivity contribution in [1.82, 2.24) is 0 Å². The number of furan rings is 1. The van der Waals surface area contributed by atoms with Crippen LogP contribution in [0.3, 0.4) is 0 Å². The molecule has 0 spiro atoms. The number of aliphatic hydroxyl groups is 1. The van der Waals surface area contributed by atoms with Crippen molar-refractivity contribution >= 4 is 23.1 Å². The maximum Gasteiger partial charge on any atom is 0.300 e. The molecule has 1 saturated heterocycles. The summed E-state index contributed by atoms with van der Waals surface area (Å²) in [5.74, 6) is 0.609. The Morgan fingerprint density at radius 3 is 2.31 bits per heavy atom. The molecule has 1 unspecified atom stereocenters. The minimum atomic E-state index is -0.949. The van der Waals surface area contributed by atoms with E-state index in [4.69, 9.17) is 13.9 Å². The molecule has 4 aromatic rings. The maximum absolute atomic E-state index is 13.4. The van der Waals surface area contributed by atoms with Gasteiger partial charge in [-0.3, -0.25) is 14.5 Å². The monoisotopic (exact) mass is 523 g/mol. The van der Waals surface area contributed by atoms with E-state index >= 15 is 0 Å². The maximum atomic E-state index is 13.4. The zero-order chi connectivity index (χ0) is 27.5. The van der Waals surface area contributed by atoms with E-state index in [-0.39, 0.29) is 17.3 Å². The smallest absolute Gasteiger partial charge is 0.300 e. The average molecular weight is 524 g/mol. The molecule has 1 N–H and O–H groups in total. The van der Waals surface area contributed by atoms with Crippen LogP contribution in [0.15, 0.2) is 101 Å². The van der Waals surface area contributed by atoms with Gasteiger partial charge in [-0.2, -0.15) is 0 Å². The number of ether oxygens (including phenoxy) is 2. The topological polar surface area (TPSA) is 89.2 Å². The minimum absolute atomic E-state index is 0.0431. The Morgan fingerprint density at radius 2 is 1.67 bits per heavy atom. The molecule has 0 aliphatic carbocycles. The molecule has 2 heterocycles. The third kappa shape index (κ3) is 5.03. The molecule has 1 amide bonds. The normalized spacial score (nSPS) is 16.6. The van der Waals surface area contributed by atoms with Gasteiger partial charge in [0, 0.05) is 11.3 Å². The van der Waals surface area contributed by atoms with E-state index in [1.165, 1.54) is 11.2 Å². The lowest BCUT2D eigenvalue weighted by Gasteiger charge is -2.23. The van der Waals surface area contributed by atoms with Gasteiger partial charge in [0.05, 0.1) is 18.4 Å². The Morgan fingerprint density at radius 1 is 0.949 bits per heavy atom. The first-order valence-corrected chi connectivity index (χ1v) is 12.8. The third-order valence-electron chi connectivity index (χ3n) is 6.56.